The third kappa shape index (κ3) is 8.21. The molecule has 37 heavy (non-hydrogen) atoms. The summed E-state index contributed by atoms with van der Waals surface area (Å²) in [5.41, 5.74) is 0. The number of hydrogen-bond donors (Lipinski definition) is 1. The molecule has 2 aromatic heterocycles. The fraction of sp³-hybridized carbons (Fsp3) is 0.323. The molecule has 6 heteroatoms. The van der Waals surface area contributed by atoms with Gasteiger partial charge in [0.1, 0.15) is 0 Å². The van der Waals surface area contributed by atoms with Gasteiger partial charge in [-0.3, -0.25) is 4.79 Å². The molecule has 0 saturated carbocycles. The van der Waals surface area contributed by atoms with Crippen molar-refractivity contribution in [2.75, 3.05) is 0 Å². The summed E-state index contributed by atoms with van der Waals surface area (Å²) in [5, 5.41) is 14.4. The first-order chi connectivity index (χ1) is 17.5. The summed E-state index contributed by atoms with van der Waals surface area (Å²) in [6.45, 7) is 8.07. The molecule has 2 aromatic carbocycles. The normalized spacial score (nSPS) is 11.2. The number of allylic oxidation sites excluding steroid dienone is 2. The number of nitrogens with zero attached hydrogens (tertiary/aromatic N) is 2. The van der Waals surface area contributed by atoms with Crippen LogP contribution in [0.3, 0.4) is 0 Å². The van der Waals surface area contributed by atoms with Crippen LogP contribution in [0.2, 0.25) is 0 Å². The van der Waals surface area contributed by atoms with E-state index in [-0.39, 0.29) is 43.5 Å². The molecule has 0 amide bonds. The number of hydrogen-bond acceptors (Lipinski definition) is 5. The smallest absolute Gasteiger partial charge is 0.217 e. The predicted molar refractivity (Wildman–Crippen MR) is 146 cm³/mol. The number of aliphatic hydroxyl groups is 1. The van der Waals surface area contributed by atoms with Gasteiger partial charge in [-0.15, -0.1) is 6.07 Å². The van der Waals surface area contributed by atoms with E-state index in [4.69, 9.17) is 4.74 Å². The van der Waals surface area contributed by atoms with Crippen LogP contribution in [0.25, 0.3) is 21.5 Å². The van der Waals surface area contributed by atoms with E-state index in [1.807, 2.05) is 52.1 Å². The van der Waals surface area contributed by atoms with Crippen LogP contribution in [0.4, 0.5) is 0 Å². The Labute approximate surface area is 233 Å². The number of ether oxygens (including phenoxy) is 1. The average Bonchev–Trinajstić information content (AvgIpc) is 2.91. The quantitative estimate of drug-likeness (QED) is 0.0838. The largest absolute Gasteiger partial charge is 0.512 e. The van der Waals surface area contributed by atoms with E-state index in [0.717, 1.165) is 36.5 Å². The van der Waals surface area contributed by atoms with Crippen LogP contribution >= 0.6 is 0 Å². The van der Waals surface area contributed by atoms with Gasteiger partial charge in [-0.2, -0.15) is 6.07 Å². The molecule has 0 aliphatic rings. The summed E-state index contributed by atoms with van der Waals surface area (Å²) in [6.07, 6.45) is 10.0. The fourth-order valence-electron chi connectivity index (χ4n) is 4.19. The third-order valence-electron chi connectivity index (χ3n) is 6.48. The Morgan fingerprint density at radius 1 is 0.946 bits per heavy atom. The average molecular weight is 676 g/mol. The monoisotopic (exact) mass is 676 g/mol. The van der Waals surface area contributed by atoms with Crippen molar-refractivity contribution >= 4 is 27.3 Å². The molecular formula is C31H35IrN2O3-. The summed E-state index contributed by atoms with van der Waals surface area (Å²) < 4.78 is 5.71. The molecule has 4 aromatic rings. The van der Waals surface area contributed by atoms with Gasteiger partial charge >= 0.3 is 0 Å². The van der Waals surface area contributed by atoms with Crippen LogP contribution in [0.1, 0.15) is 53.4 Å². The van der Waals surface area contributed by atoms with Gasteiger partial charge in [0.05, 0.1) is 5.76 Å². The number of ketones is 1. The van der Waals surface area contributed by atoms with Crippen LogP contribution < -0.4 is 4.74 Å². The third-order valence-corrected chi connectivity index (χ3v) is 6.48. The van der Waals surface area contributed by atoms with E-state index in [1.54, 1.807) is 18.5 Å². The molecule has 4 rings (SSSR count). The van der Waals surface area contributed by atoms with E-state index in [1.165, 1.54) is 16.8 Å². The van der Waals surface area contributed by atoms with E-state index < -0.39 is 0 Å². The van der Waals surface area contributed by atoms with E-state index in [9.17, 15) is 9.90 Å². The summed E-state index contributed by atoms with van der Waals surface area (Å²) in [6, 6.07) is 19.1. The molecule has 0 fully saturated rings. The maximum atomic E-state index is 11.7. The Kier molecular flexibility index (Phi) is 12.4. The van der Waals surface area contributed by atoms with Gasteiger partial charge in [0.2, 0.25) is 5.88 Å². The standard InChI is InChI=1S/C18H11N2O.C13H24O2.Ir/c1-2-6-16-13(4-1)7-8-14-11-20-18(10-17(14)16)21-15-5-3-9-19-12-15;1-5-10(6-2)12(14)9-13(15)11(7-3)8-4;/h1-4,6-12H;9-11,14H,5-8H2,1-4H3;/q-1;;/b;12-9-;. The van der Waals surface area contributed by atoms with E-state index in [2.05, 4.69) is 40.3 Å². The summed E-state index contributed by atoms with van der Waals surface area (Å²) in [4.78, 5) is 20.1. The topological polar surface area (TPSA) is 72.3 Å². The number of carbonyl (C=O) groups excluding carboxylic acids is 1. The van der Waals surface area contributed by atoms with Gasteiger partial charge in [-0.1, -0.05) is 70.3 Å². The molecule has 0 bridgehead atoms. The van der Waals surface area contributed by atoms with Gasteiger partial charge in [0.15, 0.2) is 5.78 Å². The van der Waals surface area contributed by atoms with Crippen molar-refractivity contribution in [2.24, 2.45) is 11.8 Å². The van der Waals surface area contributed by atoms with Gasteiger partial charge in [0.25, 0.3) is 0 Å². The maximum Gasteiger partial charge on any atom is 0.217 e. The first kappa shape index (κ1) is 30.1. The van der Waals surface area contributed by atoms with E-state index in [0.29, 0.717) is 11.6 Å². The molecule has 0 unspecified atom stereocenters. The van der Waals surface area contributed by atoms with Crippen LogP contribution in [0.15, 0.2) is 79.0 Å². The van der Waals surface area contributed by atoms with Crippen molar-refractivity contribution in [3.05, 3.63) is 85.0 Å². The first-order valence-corrected chi connectivity index (χ1v) is 12.7. The summed E-state index contributed by atoms with van der Waals surface area (Å²) >= 11 is 0. The minimum atomic E-state index is 0. The molecule has 0 saturated heterocycles. The van der Waals surface area contributed by atoms with Crippen LogP contribution in [-0.2, 0) is 24.9 Å². The van der Waals surface area contributed by atoms with Gasteiger partial charge < -0.3 is 14.8 Å². The minimum Gasteiger partial charge on any atom is -0.512 e. The molecule has 0 aliphatic heterocycles. The Morgan fingerprint density at radius 3 is 2.27 bits per heavy atom. The molecule has 2 heterocycles. The van der Waals surface area contributed by atoms with Gasteiger partial charge in [-0.05, 0) is 48.0 Å². The molecule has 0 aliphatic carbocycles. The Bertz CT molecular complexity index is 1300. The zero-order chi connectivity index (χ0) is 25.9. The second-order valence-corrected chi connectivity index (χ2v) is 8.73. The van der Waals surface area contributed by atoms with Crippen molar-refractivity contribution in [3.63, 3.8) is 0 Å². The molecule has 1 N–H and O–H groups in total. The van der Waals surface area contributed by atoms with Crippen molar-refractivity contribution in [1.29, 1.82) is 0 Å². The first-order valence-electron chi connectivity index (χ1n) is 12.7. The number of aliphatic hydroxyl groups excluding tert-OH is 1. The minimum absolute atomic E-state index is 0. The number of pyridine rings is 2. The van der Waals surface area contributed by atoms with Crippen LogP contribution in [-0.4, -0.2) is 20.9 Å². The van der Waals surface area contributed by atoms with Crippen molar-refractivity contribution in [3.8, 4) is 11.6 Å². The van der Waals surface area contributed by atoms with Crippen LogP contribution in [0.5, 0.6) is 11.6 Å². The number of rotatable bonds is 9. The second-order valence-electron chi connectivity index (χ2n) is 8.73. The molecule has 5 nitrogen and oxygen atoms in total. The fourth-order valence-corrected chi connectivity index (χ4v) is 4.19. The van der Waals surface area contributed by atoms with Crippen molar-refractivity contribution < 1.29 is 34.7 Å². The zero-order valence-electron chi connectivity index (χ0n) is 21.9. The summed E-state index contributed by atoms with van der Waals surface area (Å²) in [5.74, 6) is 1.65. The number of aromatic nitrogens is 2. The van der Waals surface area contributed by atoms with Gasteiger partial charge in [-0.25, -0.2) is 4.98 Å². The molecule has 0 atom stereocenters. The Hall–Kier alpha value is -3.08. The zero-order valence-corrected chi connectivity index (χ0v) is 24.3. The number of benzene rings is 2. The number of fused-ring (bicyclic) bond motifs is 3. The summed E-state index contributed by atoms with van der Waals surface area (Å²) in [7, 11) is 0. The van der Waals surface area contributed by atoms with Crippen LogP contribution in [0, 0.1) is 17.9 Å². The second kappa shape index (κ2) is 15.2. The Balaban J connectivity index is 0.000000271. The molecule has 1 radical (unpaired) electrons. The molecule has 0 spiro atoms. The van der Waals surface area contributed by atoms with E-state index >= 15 is 0 Å². The molecular weight excluding hydrogens is 641 g/mol. The number of carbonyl (C=O) groups is 1. The molecule has 197 valence electrons. The van der Waals surface area contributed by atoms with Gasteiger partial charge in [0, 0.05) is 61.4 Å². The van der Waals surface area contributed by atoms with Crippen molar-refractivity contribution in [1.82, 2.24) is 9.97 Å². The maximum absolute atomic E-state index is 11.7. The SMILES string of the molecule is CCC(CC)C(=O)/C=C(\O)C(CC)CC.[Ir].[c-]1ccncc1Oc1cc2c(ccc3ccccc32)cn1. The van der Waals surface area contributed by atoms with Crippen molar-refractivity contribution in [2.45, 2.75) is 53.4 Å². The Morgan fingerprint density at radius 2 is 1.62 bits per heavy atom. The predicted octanol–water partition coefficient (Wildman–Crippen LogP) is 8.24.